The molecule has 2 saturated carbocycles. The molecule has 0 radical (unpaired) electrons. The highest BCUT2D eigenvalue weighted by Gasteiger charge is 2.46. The molecule has 0 heteroatoms. The molecule has 11 aromatic rings. The van der Waals surface area contributed by atoms with Gasteiger partial charge in [-0.25, -0.2) is 0 Å². The van der Waals surface area contributed by atoms with Crippen LogP contribution in [0.25, 0.3) is 66.8 Å². The highest BCUT2D eigenvalue weighted by atomic mass is 14.5. The van der Waals surface area contributed by atoms with Crippen molar-refractivity contribution in [2.75, 3.05) is 0 Å². The van der Waals surface area contributed by atoms with Crippen molar-refractivity contribution in [3.63, 3.8) is 0 Å². The molecule has 6 aliphatic rings. The zero-order valence-electron chi connectivity index (χ0n) is 58.5. The minimum atomic E-state index is -0.00360. The van der Waals surface area contributed by atoms with Crippen molar-refractivity contribution in [1.82, 2.24) is 0 Å². The molecule has 0 saturated heterocycles. The van der Waals surface area contributed by atoms with Crippen molar-refractivity contribution in [2.45, 2.75) is 192 Å². The highest BCUT2D eigenvalue weighted by Crippen LogP contribution is 2.66. The molecule has 4 unspecified atom stereocenters. The molecule has 0 amide bonds. The van der Waals surface area contributed by atoms with Crippen LogP contribution in [0.3, 0.4) is 0 Å². The molecule has 0 bridgehead atoms. The molecule has 6 aliphatic carbocycles. The predicted molar refractivity (Wildman–Crippen MR) is 406 cm³/mol. The van der Waals surface area contributed by atoms with Gasteiger partial charge in [-0.2, -0.15) is 0 Å². The maximum atomic E-state index is 2.69. The van der Waals surface area contributed by atoms with Crippen LogP contribution in [0.1, 0.15) is 281 Å². The van der Waals surface area contributed by atoms with Crippen LogP contribution in [0.15, 0.2) is 218 Å². The summed E-state index contributed by atoms with van der Waals surface area (Å²) in [6, 6.07) is 88.9. The molecule has 4 atom stereocenters. The van der Waals surface area contributed by atoms with Crippen molar-refractivity contribution < 1.29 is 0 Å². The van der Waals surface area contributed by atoms with Gasteiger partial charge >= 0.3 is 0 Å². The van der Waals surface area contributed by atoms with E-state index in [4.69, 9.17) is 0 Å². The Kier molecular flexibility index (Phi) is 15.0. The van der Waals surface area contributed by atoms with Crippen LogP contribution < -0.4 is 0 Å². The van der Waals surface area contributed by atoms with Crippen molar-refractivity contribution in [1.29, 1.82) is 0 Å². The second kappa shape index (κ2) is 23.6. The zero-order valence-corrected chi connectivity index (χ0v) is 58.5. The predicted octanol–water partition coefficient (Wildman–Crippen LogP) is 26.6. The summed E-state index contributed by atoms with van der Waals surface area (Å²) in [5, 5.41) is 0. The van der Waals surface area contributed by atoms with Crippen LogP contribution in [0.4, 0.5) is 0 Å². The Morgan fingerprint density at radius 2 is 0.646 bits per heavy atom. The Balaban J connectivity index is 0.836. The quantitative estimate of drug-likeness (QED) is 0.107. The molecule has 0 N–H and O–H groups in total. The first-order valence-electron chi connectivity index (χ1n) is 37.0. The molecule has 96 heavy (non-hydrogen) atoms. The molecule has 0 spiro atoms. The molecule has 0 aromatic heterocycles. The van der Waals surface area contributed by atoms with E-state index in [2.05, 4.69) is 288 Å². The lowest BCUT2D eigenvalue weighted by atomic mass is 9.76. The molecule has 2 fully saturated rings. The van der Waals surface area contributed by atoms with Crippen LogP contribution in [0.5, 0.6) is 0 Å². The van der Waals surface area contributed by atoms with Gasteiger partial charge in [0, 0.05) is 23.7 Å². The normalized spacial score (nSPS) is 17.5. The first kappa shape index (κ1) is 61.0. The van der Waals surface area contributed by atoms with Gasteiger partial charge in [0.25, 0.3) is 0 Å². The highest BCUT2D eigenvalue weighted by molar-refractivity contribution is 6.01. The lowest BCUT2D eigenvalue weighted by molar-refractivity contribution is 0.443. The maximum Gasteiger partial charge on any atom is 0.0364 e. The summed E-state index contributed by atoms with van der Waals surface area (Å²) in [6.07, 6.45) is 13.2. The molecule has 478 valence electrons. The summed E-state index contributed by atoms with van der Waals surface area (Å²) in [7, 11) is 0. The fourth-order valence-electron chi connectivity index (χ4n) is 18.9. The van der Waals surface area contributed by atoms with Gasteiger partial charge in [-0.3, -0.25) is 0 Å². The van der Waals surface area contributed by atoms with Crippen LogP contribution >= 0.6 is 0 Å². The summed E-state index contributed by atoms with van der Waals surface area (Å²) >= 11 is 0. The van der Waals surface area contributed by atoms with Gasteiger partial charge in [-0.1, -0.05) is 314 Å². The van der Waals surface area contributed by atoms with Gasteiger partial charge < -0.3 is 0 Å². The summed E-state index contributed by atoms with van der Waals surface area (Å²) in [5.74, 6) is 2.35. The lowest BCUT2D eigenvalue weighted by Crippen LogP contribution is -2.11. The van der Waals surface area contributed by atoms with E-state index in [9.17, 15) is 0 Å². The first-order valence-corrected chi connectivity index (χ1v) is 37.0. The Bertz CT molecular complexity index is 4510. The SMILES string of the molecule is CC(C)c1ccc(C(c2ccc(C3CCCCC3)cc2)c2ccc3c4c2-c2ccccc2C4c2cc4c(cc2-3)C2c3ccccc3-c3c(C(c5ccc(C6CCCCC6)cc5)c5ccc(C(C)C)cc5-c5ccc(C(C)(C)C)cc5)ccc-4c32)c(-c2ccc(C(C)(C)C)cc2)c1. The van der Waals surface area contributed by atoms with E-state index in [-0.39, 0.29) is 34.5 Å². The first-order chi connectivity index (χ1) is 46.6. The number of fused-ring (bicyclic) bond motifs is 12. The van der Waals surface area contributed by atoms with E-state index in [1.807, 2.05) is 0 Å². The number of hydrogen-bond donors (Lipinski definition) is 0. The van der Waals surface area contributed by atoms with E-state index in [0.29, 0.717) is 23.7 Å². The van der Waals surface area contributed by atoms with Gasteiger partial charge in [-0.05, 0) is 239 Å². The summed E-state index contributed by atoms with van der Waals surface area (Å²) < 4.78 is 0. The third-order valence-electron chi connectivity index (χ3n) is 24.2. The number of rotatable bonds is 12. The van der Waals surface area contributed by atoms with Crippen molar-refractivity contribution >= 4 is 0 Å². The van der Waals surface area contributed by atoms with Crippen molar-refractivity contribution in [2.24, 2.45) is 0 Å². The van der Waals surface area contributed by atoms with E-state index in [0.717, 1.165) is 0 Å². The Morgan fingerprint density at radius 1 is 0.292 bits per heavy atom. The van der Waals surface area contributed by atoms with Crippen molar-refractivity contribution in [3.8, 4) is 66.8 Å². The second-order valence-electron chi connectivity index (χ2n) is 32.6. The van der Waals surface area contributed by atoms with E-state index in [1.54, 1.807) is 0 Å². The van der Waals surface area contributed by atoms with Gasteiger partial charge in [0.2, 0.25) is 0 Å². The topological polar surface area (TPSA) is 0 Å². The molecule has 17 rings (SSSR count). The third kappa shape index (κ3) is 10.1. The molecular weight excluding hydrogens is 1150 g/mol. The largest absolute Gasteiger partial charge is 0.0619 e. The van der Waals surface area contributed by atoms with E-state index < -0.39 is 0 Å². The average Bonchev–Trinajstić information content (AvgIpc) is 1.51. The standard InChI is InChI=1S/C96H94/c1-57(2)67-41-47-75(81(53-67)63-37-43-69(44-38-63)95(5,6)7)87(65-33-29-61(30-34-65)59-21-13-11-14-22-59)79-51-49-77-83-55-86-84(56-85(83)91-73-27-19-17-25-71(73)89(79)93(77)91)78-50-52-80(90-72-26-18-20-28-74(72)92(86)94(78)90)88(66-35-31-62(32-36-66)60-23-15-12-16-24-60)76-48-42-68(58(3)4)54-82(76)64-39-45-70(46-40-64)96(8,9)10/h17-20,25-60,87-88,91-92H,11-16,21-24H2,1-10H3. The van der Waals surface area contributed by atoms with Crippen LogP contribution in [-0.4, -0.2) is 0 Å². The lowest BCUT2D eigenvalue weighted by Gasteiger charge is -2.27. The molecule has 0 nitrogen and oxygen atoms in total. The van der Waals surface area contributed by atoms with Crippen LogP contribution in [0.2, 0.25) is 0 Å². The summed E-state index contributed by atoms with van der Waals surface area (Å²) in [4.78, 5) is 0. The summed E-state index contributed by atoms with van der Waals surface area (Å²) in [6.45, 7) is 23.4. The minimum Gasteiger partial charge on any atom is -0.0619 e. The monoisotopic (exact) mass is 1250 g/mol. The van der Waals surface area contributed by atoms with Gasteiger partial charge in [0.15, 0.2) is 0 Å². The van der Waals surface area contributed by atoms with Gasteiger partial charge in [0.05, 0.1) is 0 Å². The third-order valence-corrected chi connectivity index (χ3v) is 24.2. The molecule has 0 aliphatic heterocycles. The Labute approximate surface area is 573 Å². The Morgan fingerprint density at radius 3 is 1.01 bits per heavy atom. The number of hydrogen-bond acceptors (Lipinski definition) is 0. The van der Waals surface area contributed by atoms with Gasteiger partial charge in [0.1, 0.15) is 0 Å². The van der Waals surface area contributed by atoms with Crippen molar-refractivity contribution in [3.05, 3.63) is 319 Å². The van der Waals surface area contributed by atoms with Crippen LogP contribution in [0, 0.1) is 0 Å². The average molecular weight is 1250 g/mol. The van der Waals surface area contributed by atoms with E-state index in [1.165, 1.54) is 231 Å². The number of benzene rings is 11. The smallest absolute Gasteiger partial charge is 0.0364 e. The molecular formula is C96H94. The molecule has 11 aromatic carbocycles. The second-order valence-corrected chi connectivity index (χ2v) is 32.6. The summed E-state index contributed by atoms with van der Waals surface area (Å²) in [5.41, 5.74) is 42.3. The minimum absolute atomic E-state index is 0.00360. The Hall–Kier alpha value is -8.58. The van der Waals surface area contributed by atoms with E-state index >= 15 is 0 Å². The van der Waals surface area contributed by atoms with Crippen LogP contribution in [-0.2, 0) is 10.8 Å². The molecule has 0 heterocycles. The zero-order chi connectivity index (χ0) is 65.5. The van der Waals surface area contributed by atoms with Gasteiger partial charge in [-0.15, -0.1) is 0 Å². The maximum absolute atomic E-state index is 2.69. The fraction of sp³-hybridized carbons (Fsp3) is 0.312. The fourth-order valence-corrected chi connectivity index (χ4v) is 18.9.